The van der Waals surface area contributed by atoms with Crippen LogP contribution in [0.2, 0.25) is 0 Å². The van der Waals surface area contributed by atoms with Crippen LogP contribution >= 0.6 is 0 Å². The van der Waals surface area contributed by atoms with Gasteiger partial charge >= 0.3 is 0 Å². The van der Waals surface area contributed by atoms with Crippen molar-refractivity contribution in [3.8, 4) is 11.5 Å². The van der Waals surface area contributed by atoms with E-state index in [1.54, 1.807) is 0 Å². The van der Waals surface area contributed by atoms with Gasteiger partial charge in [-0.1, -0.05) is 38.7 Å². The van der Waals surface area contributed by atoms with Gasteiger partial charge in [0.2, 0.25) is 5.91 Å². The lowest BCUT2D eigenvalue weighted by molar-refractivity contribution is -0.122. The van der Waals surface area contributed by atoms with E-state index in [4.69, 9.17) is 9.47 Å². The van der Waals surface area contributed by atoms with Crippen molar-refractivity contribution < 1.29 is 19.4 Å². The van der Waals surface area contributed by atoms with Gasteiger partial charge in [0.05, 0.1) is 6.10 Å². The molecule has 2 aliphatic heterocycles. The normalized spacial score (nSPS) is 19.9. The first kappa shape index (κ1) is 21.9. The highest BCUT2D eigenvalue weighted by atomic mass is 16.6. The summed E-state index contributed by atoms with van der Waals surface area (Å²) in [7, 11) is 0. The Bertz CT molecular complexity index is 652. The summed E-state index contributed by atoms with van der Waals surface area (Å²) in [5.74, 6) is 1.70. The van der Waals surface area contributed by atoms with Crippen LogP contribution in [0, 0.1) is 0 Å². The van der Waals surface area contributed by atoms with Gasteiger partial charge in [0.25, 0.3) is 0 Å². The number of nitrogens with one attached hydrogen (secondary N) is 1. The SMILES string of the molecule is CCCCCCCC(=O)N[C@@H](Cc1ccc2c(c1)OCCO2)CN1CC[C@H](O)C1. The number of carbonyl (C=O) groups excluding carboxylic acids is 1. The van der Waals surface area contributed by atoms with E-state index in [-0.39, 0.29) is 18.1 Å². The van der Waals surface area contributed by atoms with Crippen molar-refractivity contribution in [2.75, 3.05) is 32.8 Å². The number of nitrogens with zero attached hydrogens (tertiary/aromatic N) is 1. The van der Waals surface area contributed by atoms with Gasteiger partial charge in [-0.15, -0.1) is 0 Å². The minimum absolute atomic E-state index is 0.0194. The minimum Gasteiger partial charge on any atom is -0.486 e. The number of aliphatic hydroxyl groups is 1. The van der Waals surface area contributed by atoms with E-state index in [1.165, 1.54) is 19.3 Å². The van der Waals surface area contributed by atoms with Gasteiger partial charge < -0.3 is 19.9 Å². The fourth-order valence-electron chi connectivity index (χ4n) is 4.14. The van der Waals surface area contributed by atoms with Gasteiger partial charge in [0.15, 0.2) is 11.5 Å². The molecule has 0 bridgehead atoms. The standard InChI is InChI=1S/C23H36N2O4/c1-2-3-4-5-6-7-23(27)24-19(16-25-11-10-20(26)17-25)14-18-8-9-21-22(15-18)29-13-12-28-21/h8-9,15,19-20,26H,2-7,10-14,16-17H2,1H3,(H,24,27)/t19-,20-/m0/s1. The summed E-state index contributed by atoms with van der Waals surface area (Å²) >= 11 is 0. The van der Waals surface area contributed by atoms with E-state index in [9.17, 15) is 9.90 Å². The largest absolute Gasteiger partial charge is 0.486 e. The van der Waals surface area contributed by atoms with Crippen LogP contribution in [0.25, 0.3) is 0 Å². The summed E-state index contributed by atoms with van der Waals surface area (Å²) in [6.45, 7) is 5.68. The van der Waals surface area contributed by atoms with E-state index in [0.717, 1.165) is 55.8 Å². The number of hydrogen-bond donors (Lipinski definition) is 2. The molecule has 0 saturated carbocycles. The molecule has 2 N–H and O–H groups in total. The fraction of sp³-hybridized carbons (Fsp3) is 0.696. The summed E-state index contributed by atoms with van der Waals surface area (Å²) < 4.78 is 11.3. The fourth-order valence-corrected chi connectivity index (χ4v) is 4.14. The van der Waals surface area contributed by atoms with Gasteiger partial charge in [0, 0.05) is 32.1 Å². The molecule has 29 heavy (non-hydrogen) atoms. The molecule has 2 atom stereocenters. The zero-order chi connectivity index (χ0) is 20.5. The number of unbranched alkanes of at least 4 members (excludes halogenated alkanes) is 4. The predicted octanol–water partition coefficient (Wildman–Crippen LogP) is 2.91. The summed E-state index contributed by atoms with van der Waals surface area (Å²) in [6, 6.07) is 6.05. The first-order chi connectivity index (χ1) is 14.1. The number of hydrogen-bond acceptors (Lipinski definition) is 5. The molecule has 2 heterocycles. The average molecular weight is 405 g/mol. The number of β-amino-alcohol motifs (C(OH)–C–C–N with tert-alkyl or cyclic N) is 1. The van der Waals surface area contributed by atoms with E-state index in [2.05, 4.69) is 23.2 Å². The Kier molecular flexibility index (Phi) is 8.62. The molecule has 1 aromatic carbocycles. The smallest absolute Gasteiger partial charge is 0.220 e. The molecule has 2 aliphatic rings. The van der Waals surface area contributed by atoms with E-state index < -0.39 is 0 Å². The number of fused-ring (bicyclic) bond motifs is 1. The lowest BCUT2D eigenvalue weighted by Crippen LogP contribution is -2.44. The third-order valence-electron chi connectivity index (χ3n) is 5.69. The van der Waals surface area contributed by atoms with Crippen molar-refractivity contribution in [3.05, 3.63) is 23.8 Å². The molecular formula is C23H36N2O4. The second kappa shape index (κ2) is 11.4. The minimum atomic E-state index is -0.251. The quantitative estimate of drug-likeness (QED) is 0.555. The highest BCUT2D eigenvalue weighted by Gasteiger charge is 2.24. The van der Waals surface area contributed by atoms with Crippen LogP contribution in [0.1, 0.15) is 57.4 Å². The Labute approximate surface area is 174 Å². The van der Waals surface area contributed by atoms with Gasteiger partial charge in [-0.2, -0.15) is 0 Å². The third-order valence-corrected chi connectivity index (χ3v) is 5.69. The molecule has 6 heteroatoms. The summed E-state index contributed by atoms with van der Waals surface area (Å²) in [5.41, 5.74) is 1.13. The second-order valence-corrected chi connectivity index (χ2v) is 8.31. The zero-order valence-electron chi connectivity index (χ0n) is 17.7. The molecule has 0 unspecified atom stereocenters. The molecule has 3 rings (SSSR count). The van der Waals surface area contributed by atoms with Crippen molar-refractivity contribution in [1.82, 2.24) is 10.2 Å². The molecular weight excluding hydrogens is 368 g/mol. The maximum absolute atomic E-state index is 12.5. The second-order valence-electron chi connectivity index (χ2n) is 8.31. The topological polar surface area (TPSA) is 71.0 Å². The number of amides is 1. The molecule has 1 saturated heterocycles. The zero-order valence-corrected chi connectivity index (χ0v) is 17.7. The Morgan fingerprint density at radius 3 is 2.76 bits per heavy atom. The average Bonchev–Trinajstić information content (AvgIpc) is 3.12. The van der Waals surface area contributed by atoms with Gasteiger partial charge in [-0.05, 0) is 37.0 Å². The Hall–Kier alpha value is -1.79. The van der Waals surface area contributed by atoms with E-state index in [0.29, 0.717) is 26.2 Å². The van der Waals surface area contributed by atoms with Gasteiger partial charge in [0.1, 0.15) is 13.2 Å². The van der Waals surface area contributed by atoms with Crippen molar-refractivity contribution in [2.45, 2.75) is 70.4 Å². The molecule has 6 nitrogen and oxygen atoms in total. The Morgan fingerprint density at radius 2 is 2.00 bits per heavy atom. The number of carbonyl (C=O) groups is 1. The molecule has 0 aliphatic carbocycles. The molecule has 0 radical (unpaired) electrons. The number of ether oxygens (including phenoxy) is 2. The molecule has 1 aromatic rings. The third kappa shape index (κ3) is 7.19. The van der Waals surface area contributed by atoms with E-state index in [1.807, 2.05) is 12.1 Å². The van der Waals surface area contributed by atoms with Crippen LogP contribution in [0.15, 0.2) is 18.2 Å². The molecule has 1 fully saturated rings. The number of likely N-dealkylation sites (tertiary alicyclic amines) is 1. The van der Waals surface area contributed by atoms with Crippen molar-refractivity contribution in [2.24, 2.45) is 0 Å². The lowest BCUT2D eigenvalue weighted by Gasteiger charge is -2.25. The van der Waals surface area contributed by atoms with Crippen LogP contribution in [0.4, 0.5) is 0 Å². The van der Waals surface area contributed by atoms with Crippen LogP contribution < -0.4 is 14.8 Å². The summed E-state index contributed by atoms with van der Waals surface area (Å²) in [5, 5.41) is 13.1. The first-order valence-electron chi connectivity index (χ1n) is 11.2. The molecule has 1 amide bonds. The van der Waals surface area contributed by atoms with Crippen LogP contribution in [0.5, 0.6) is 11.5 Å². The van der Waals surface area contributed by atoms with Crippen LogP contribution in [-0.4, -0.2) is 60.9 Å². The van der Waals surface area contributed by atoms with E-state index >= 15 is 0 Å². The van der Waals surface area contributed by atoms with Crippen LogP contribution in [0.3, 0.4) is 0 Å². The molecule has 0 aromatic heterocycles. The van der Waals surface area contributed by atoms with Crippen molar-refractivity contribution >= 4 is 5.91 Å². The number of benzene rings is 1. The maximum atomic E-state index is 12.5. The lowest BCUT2D eigenvalue weighted by atomic mass is 10.0. The Balaban J connectivity index is 1.56. The number of rotatable bonds is 11. The summed E-state index contributed by atoms with van der Waals surface area (Å²) in [6.07, 6.45) is 7.61. The highest BCUT2D eigenvalue weighted by molar-refractivity contribution is 5.76. The summed E-state index contributed by atoms with van der Waals surface area (Å²) in [4.78, 5) is 14.8. The van der Waals surface area contributed by atoms with Crippen LogP contribution in [-0.2, 0) is 11.2 Å². The first-order valence-corrected chi connectivity index (χ1v) is 11.2. The number of aliphatic hydroxyl groups excluding tert-OH is 1. The van der Waals surface area contributed by atoms with Crippen molar-refractivity contribution in [1.29, 1.82) is 0 Å². The maximum Gasteiger partial charge on any atom is 0.220 e. The Morgan fingerprint density at radius 1 is 1.21 bits per heavy atom. The molecule has 162 valence electrons. The highest BCUT2D eigenvalue weighted by Crippen LogP contribution is 2.31. The molecule has 0 spiro atoms. The monoisotopic (exact) mass is 404 g/mol. The van der Waals surface area contributed by atoms with Gasteiger partial charge in [-0.3, -0.25) is 9.69 Å². The van der Waals surface area contributed by atoms with Gasteiger partial charge in [-0.25, -0.2) is 0 Å². The van der Waals surface area contributed by atoms with Crippen molar-refractivity contribution in [3.63, 3.8) is 0 Å². The predicted molar refractivity (Wildman–Crippen MR) is 114 cm³/mol.